The van der Waals surface area contributed by atoms with E-state index < -0.39 is 0 Å². The van der Waals surface area contributed by atoms with Crippen molar-refractivity contribution in [1.29, 1.82) is 0 Å². The number of aromatic nitrogens is 1. The molecule has 0 bridgehead atoms. The second kappa shape index (κ2) is 6.36. The molecule has 0 N–H and O–H groups in total. The Hall–Kier alpha value is -3.21. The zero-order chi connectivity index (χ0) is 17.2. The predicted molar refractivity (Wildman–Crippen MR) is 94.1 cm³/mol. The van der Waals surface area contributed by atoms with Crippen LogP contribution < -0.4 is 9.47 Å². The summed E-state index contributed by atoms with van der Waals surface area (Å²) in [6, 6.07) is 17.3. The molecule has 2 aromatic carbocycles. The van der Waals surface area contributed by atoms with Gasteiger partial charge in [0.05, 0.1) is 0 Å². The molecule has 25 heavy (non-hydrogen) atoms. The van der Waals surface area contributed by atoms with E-state index in [0.29, 0.717) is 12.1 Å². The second-order valence-corrected chi connectivity index (χ2v) is 5.99. The maximum atomic E-state index is 12.6. The Morgan fingerprint density at radius 2 is 1.76 bits per heavy atom. The molecule has 0 spiro atoms. The predicted octanol–water partition coefficient (Wildman–Crippen LogP) is 3.48. The zero-order valence-electron chi connectivity index (χ0n) is 13.9. The quantitative estimate of drug-likeness (QED) is 0.734. The number of carbonyl (C=O) groups excluding carboxylic acids is 1. The molecule has 1 aromatic heterocycles. The highest BCUT2D eigenvalue weighted by atomic mass is 16.7. The lowest BCUT2D eigenvalue weighted by molar-refractivity contribution is 0.0785. The van der Waals surface area contributed by atoms with Gasteiger partial charge in [0.2, 0.25) is 6.79 Å². The van der Waals surface area contributed by atoms with Crippen molar-refractivity contribution < 1.29 is 14.3 Å². The average molecular weight is 334 g/mol. The lowest BCUT2D eigenvalue weighted by atomic mass is 10.1. The monoisotopic (exact) mass is 334 g/mol. The Morgan fingerprint density at radius 1 is 1.04 bits per heavy atom. The van der Waals surface area contributed by atoms with E-state index >= 15 is 0 Å². The lowest BCUT2D eigenvalue weighted by Gasteiger charge is -2.18. The van der Waals surface area contributed by atoms with Crippen molar-refractivity contribution in [3.63, 3.8) is 0 Å². The Balaban J connectivity index is 1.46. The van der Waals surface area contributed by atoms with Gasteiger partial charge in [-0.05, 0) is 54.1 Å². The third-order valence-corrected chi connectivity index (χ3v) is 4.22. The van der Waals surface area contributed by atoms with Gasteiger partial charge in [-0.15, -0.1) is 0 Å². The van der Waals surface area contributed by atoms with Crippen molar-refractivity contribution in [2.24, 2.45) is 0 Å². The maximum absolute atomic E-state index is 12.6. The molecular formula is C20H18N2O3. The minimum atomic E-state index is -0.0169. The van der Waals surface area contributed by atoms with Crippen LogP contribution in [0.15, 0.2) is 67.0 Å². The number of amides is 1. The minimum absolute atomic E-state index is 0.0169. The van der Waals surface area contributed by atoms with Crippen molar-refractivity contribution in [3.05, 3.63) is 78.1 Å². The molecule has 0 unspecified atom stereocenters. The first-order valence-corrected chi connectivity index (χ1v) is 8.08. The summed E-state index contributed by atoms with van der Waals surface area (Å²) in [6.45, 7) is 0.760. The first-order valence-electron chi connectivity index (χ1n) is 8.08. The molecule has 5 nitrogen and oxygen atoms in total. The average Bonchev–Trinajstić information content (AvgIpc) is 3.32. The summed E-state index contributed by atoms with van der Waals surface area (Å²) in [5.41, 5.74) is 2.70. The molecule has 0 saturated heterocycles. The van der Waals surface area contributed by atoms with Gasteiger partial charge in [-0.1, -0.05) is 6.07 Å². The summed E-state index contributed by atoms with van der Waals surface area (Å²) >= 11 is 0. The van der Waals surface area contributed by atoms with E-state index in [-0.39, 0.29) is 12.7 Å². The molecule has 1 aliphatic rings. The topological polar surface area (TPSA) is 43.7 Å². The number of benzene rings is 2. The molecule has 0 fully saturated rings. The molecule has 1 amide bonds. The fraction of sp³-hybridized carbons (Fsp3) is 0.150. The summed E-state index contributed by atoms with van der Waals surface area (Å²) in [4.78, 5) is 14.3. The summed E-state index contributed by atoms with van der Waals surface area (Å²) in [5.74, 6) is 1.46. The third-order valence-electron chi connectivity index (χ3n) is 4.22. The van der Waals surface area contributed by atoms with Crippen LogP contribution >= 0.6 is 0 Å². The third kappa shape index (κ3) is 3.08. The van der Waals surface area contributed by atoms with Crippen LogP contribution in [-0.4, -0.2) is 29.2 Å². The number of hydrogen-bond acceptors (Lipinski definition) is 3. The fourth-order valence-corrected chi connectivity index (χ4v) is 2.89. The van der Waals surface area contributed by atoms with Gasteiger partial charge < -0.3 is 18.9 Å². The molecule has 126 valence electrons. The van der Waals surface area contributed by atoms with E-state index in [1.165, 1.54) is 0 Å². The normalized spacial score (nSPS) is 12.2. The van der Waals surface area contributed by atoms with Crippen LogP contribution in [0.5, 0.6) is 11.5 Å². The van der Waals surface area contributed by atoms with Crippen LogP contribution in [0.1, 0.15) is 15.9 Å². The molecular weight excluding hydrogens is 316 g/mol. The number of fused-ring (bicyclic) bond motifs is 1. The largest absolute Gasteiger partial charge is 0.454 e. The smallest absolute Gasteiger partial charge is 0.253 e. The van der Waals surface area contributed by atoms with Crippen molar-refractivity contribution in [2.75, 3.05) is 13.8 Å². The van der Waals surface area contributed by atoms with Crippen molar-refractivity contribution in [1.82, 2.24) is 9.47 Å². The van der Waals surface area contributed by atoms with Gasteiger partial charge in [-0.2, -0.15) is 0 Å². The van der Waals surface area contributed by atoms with Crippen molar-refractivity contribution in [2.45, 2.75) is 6.54 Å². The van der Waals surface area contributed by atoms with E-state index in [4.69, 9.17) is 9.47 Å². The number of rotatable bonds is 4. The maximum Gasteiger partial charge on any atom is 0.253 e. The van der Waals surface area contributed by atoms with Gasteiger partial charge in [0.15, 0.2) is 11.5 Å². The van der Waals surface area contributed by atoms with Crippen molar-refractivity contribution >= 4 is 5.91 Å². The summed E-state index contributed by atoms with van der Waals surface area (Å²) < 4.78 is 12.7. The van der Waals surface area contributed by atoms with Gasteiger partial charge in [0.25, 0.3) is 5.91 Å². The number of carbonyl (C=O) groups is 1. The van der Waals surface area contributed by atoms with E-state index in [1.807, 2.05) is 71.6 Å². The fourth-order valence-electron chi connectivity index (χ4n) is 2.89. The molecule has 5 heteroatoms. The standard InChI is InChI=1S/C20H18N2O3/c1-21(13-15-4-9-18-19(12-15)25-14-24-18)20(23)16-5-7-17(8-6-16)22-10-2-3-11-22/h2-12H,13-14H2,1H3. The highest BCUT2D eigenvalue weighted by Gasteiger charge is 2.16. The van der Waals surface area contributed by atoms with E-state index in [0.717, 1.165) is 22.7 Å². The van der Waals surface area contributed by atoms with E-state index in [2.05, 4.69) is 0 Å². The number of nitrogens with zero attached hydrogens (tertiary/aromatic N) is 2. The van der Waals surface area contributed by atoms with Crippen LogP contribution in [0.25, 0.3) is 5.69 Å². The first kappa shape index (κ1) is 15.3. The Kier molecular flexibility index (Phi) is 3.90. The van der Waals surface area contributed by atoms with E-state index in [1.54, 1.807) is 11.9 Å². The van der Waals surface area contributed by atoms with Gasteiger partial charge in [-0.3, -0.25) is 4.79 Å². The highest BCUT2D eigenvalue weighted by molar-refractivity contribution is 5.94. The van der Waals surface area contributed by atoms with Gasteiger partial charge in [0.1, 0.15) is 0 Å². The Labute approximate surface area is 146 Å². The van der Waals surface area contributed by atoms with Crippen LogP contribution in [0.4, 0.5) is 0 Å². The lowest BCUT2D eigenvalue weighted by Crippen LogP contribution is -2.26. The summed E-state index contributed by atoms with van der Waals surface area (Å²) in [6.07, 6.45) is 3.95. The molecule has 0 radical (unpaired) electrons. The van der Waals surface area contributed by atoms with Gasteiger partial charge in [-0.25, -0.2) is 0 Å². The minimum Gasteiger partial charge on any atom is -0.454 e. The molecule has 4 rings (SSSR count). The summed E-state index contributed by atoms with van der Waals surface area (Å²) in [7, 11) is 1.80. The number of ether oxygens (including phenoxy) is 2. The zero-order valence-corrected chi connectivity index (χ0v) is 13.9. The number of hydrogen-bond donors (Lipinski definition) is 0. The molecule has 2 heterocycles. The SMILES string of the molecule is CN(Cc1ccc2c(c1)OCO2)C(=O)c1ccc(-n2cccc2)cc1. The van der Waals surface area contributed by atoms with E-state index in [9.17, 15) is 4.79 Å². The molecule has 3 aromatic rings. The molecule has 0 aliphatic carbocycles. The Morgan fingerprint density at radius 3 is 2.52 bits per heavy atom. The molecule has 1 aliphatic heterocycles. The van der Waals surface area contributed by atoms with Crippen LogP contribution in [0.3, 0.4) is 0 Å². The van der Waals surface area contributed by atoms with Crippen molar-refractivity contribution in [3.8, 4) is 17.2 Å². The first-order chi connectivity index (χ1) is 12.2. The van der Waals surface area contributed by atoms with Gasteiger partial charge in [0, 0.05) is 37.2 Å². The molecule has 0 saturated carbocycles. The summed E-state index contributed by atoms with van der Waals surface area (Å²) in [5, 5.41) is 0. The van der Waals surface area contributed by atoms with Crippen LogP contribution in [0.2, 0.25) is 0 Å². The van der Waals surface area contributed by atoms with Gasteiger partial charge >= 0.3 is 0 Å². The van der Waals surface area contributed by atoms with Crippen LogP contribution in [-0.2, 0) is 6.54 Å². The highest BCUT2D eigenvalue weighted by Crippen LogP contribution is 2.32. The second-order valence-electron chi connectivity index (χ2n) is 5.99. The van der Waals surface area contributed by atoms with Crippen LogP contribution in [0, 0.1) is 0 Å². The molecule has 0 atom stereocenters. The Bertz CT molecular complexity index is 886.